The first-order valence-electron chi connectivity index (χ1n) is 9.98. The largest absolute Gasteiger partial charge is 0.326 e. The third-order valence-electron chi connectivity index (χ3n) is 5.81. The zero-order valence-electron chi connectivity index (χ0n) is 15.9. The number of nitrogens with one attached hydrogen (secondary N) is 1. The minimum atomic E-state index is -3.45. The highest BCUT2D eigenvalue weighted by molar-refractivity contribution is 7.91. The van der Waals surface area contributed by atoms with Crippen LogP contribution in [0.1, 0.15) is 49.7 Å². The molecule has 1 saturated carbocycles. The van der Waals surface area contributed by atoms with E-state index in [0.29, 0.717) is 36.1 Å². The third kappa shape index (κ3) is 4.31. The standard InChI is InChI=1S/C21H26N2O3S2/c24-20(10-7-16-4-1-2-5-16)22-19-9-8-17-11-12-23(15-18(17)14-19)28(25,26)21-6-3-13-27-21/h3,6,8-9,13-14,16H,1-2,4-5,7,10-12,15H2,(H,22,24). The maximum Gasteiger partial charge on any atom is 0.252 e. The molecular weight excluding hydrogens is 392 g/mol. The van der Waals surface area contributed by atoms with Crippen LogP contribution in [0.5, 0.6) is 0 Å². The van der Waals surface area contributed by atoms with Gasteiger partial charge in [0.15, 0.2) is 0 Å². The molecule has 7 heteroatoms. The van der Waals surface area contributed by atoms with E-state index in [1.54, 1.807) is 17.5 Å². The van der Waals surface area contributed by atoms with E-state index in [-0.39, 0.29) is 5.91 Å². The van der Waals surface area contributed by atoms with Crippen LogP contribution in [0.2, 0.25) is 0 Å². The van der Waals surface area contributed by atoms with Gasteiger partial charge in [0.05, 0.1) is 0 Å². The summed E-state index contributed by atoms with van der Waals surface area (Å²) in [7, 11) is -3.45. The second-order valence-electron chi connectivity index (χ2n) is 7.74. The molecule has 1 aliphatic carbocycles. The molecule has 28 heavy (non-hydrogen) atoms. The lowest BCUT2D eigenvalue weighted by Gasteiger charge is -2.28. The summed E-state index contributed by atoms with van der Waals surface area (Å²) in [5, 5.41) is 4.77. The number of sulfonamides is 1. The Morgan fingerprint density at radius 3 is 2.75 bits per heavy atom. The van der Waals surface area contributed by atoms with Crippen molar-refractivity contribution in [1.29, 1.82) is 0 Å². The zero-order valence-corrected chi connectivity index (χ0v) is 17.5. The van der Waals surface area contributed by atoms with Gasteiger partial charge in [-0.2, -0.15) is 4.31 Å². The minimum absolute atomic E-state index is 0.0470. The van der Waals surface area contributed by atoms with Crippen molar-refractivity contribution in [3.8, 4) is 0 Å². The van der Waals surface area contributed by atoms with Crippen molar-refractivity contribution in [2.45, 2.75) is 55.7 Å². The summed E-state index contributed by atoms with van der Waals surface area (Å²) in [6.07, 6.45) is 7.30. The van der Waals surface area contributed by atoms with Crippen LogP contribution in [0, 0.1) is 5.92 Å². The number of anilines is 1. The molecule has 0 spiro atoms. The van der Waals surface area contributed by atoms with Crippen molar-refractivity contribution in [2.24, 2.45) is 5.92 Å². The lowest BCUT2D eigenvalue weighted by Crippen LogP contribution is -2.35. The van der Waals surface area contributed by atoms with E-state index < -0.39 is 10.0 Å². The number of hydrogen-bond donors (Lipinski definition) is 1. The second kappa shape index (κ2) is 8.35. The number of hydrogen-bond acceptors (Lipinski definition) is 4. The Balaban J connectivity index is 1.41. The number of fused-ring (bicyclic) bond motifs is 1. The average Bonchev–Trinajstić information content (AvgIpc) is 3.40. The highest BCUT2D eigenvalue weighted by Gasteiger charge is 2.29. The van der Waals surface area contributed by atoms with Crippen LogP contribution in [-0.4, -0.2) is 25.2 Å². The van der Waals surface area contributed by atoms with Gasteiger partial charge in [0.2, 0.25) is 5.91 Å². The molecule has 0 unspecified atom stereocenters. The predicted octanol–water partition coefficient (Wildman–Crippen LogP) is 4.40. The van der Waals surface area contributed by atoms with Gasteiger partial charge in [0.1, 0.15) is 4.21 Å². The van der Waals surface area contributed by atoms with E-state index in [1.165, 1.54) is 41.3 Å². The Labute approximate surface area is 170 Å². The fourth-order valence-corrected chi connectivity index (χ4v) is 6.77. The Morgan fingerprint density at radius 2 is 2.00 bits per heavy atom. The Morgan fingerprint density at radius 1 is 1.18 bits per heavy atom. The molecule has 1 aliphatic heterocycles. The van der Waals surface area contributed by atoms with Gasteiger partial charge < -0.3 is 5.32 Å². The van der Waals surface area contributed by atoms with Crippen LogP contribution < -0.4 is 5.32 Å². The van der Waals surface area contributed by atoms with Crippen molar-refractivity contribution in [3.05, 3.63) is 46.8 Å². The highest BCUT2D eigenvalue weighted by atomic mass is 32.2. The lowest BCUT2D eigenvalue weighted by atomic mass is 10.00. The molecule has 1 aromatic carbocycles. The maximum absolute atomic E-state index is 12.8. The van der Waals surface area contributed by atoms with Crippen LogP contribution in [0.25, 0.3) is 0 Å². The number of benzene rings is 1. The van der Waals surface area contributed by atoms with E-state index in [4.69, 9.17) is 0 Å². The second-order valence-corrected chi connectivity index (χ2v) is 10.9. The summed E-state index contributed by atoms with van der Waals surface area (Å²) >= 11 is 1.25. The van der Waals surface area contributed by atoms with E-state index in [1.807, 2.05) is 18.2 Å². The van der Waals surface area contributed by atoms with Crippen molar-refractivity contribution in [2.75, 3.05) is 11.9 Å². The van der Waals surface area contributed by atoms with Gasteiger partial charge in [-0.05, 0) is 53.5 Å². The molecule has 1 fully saturated rings. The molecule has 0 bridgehead atoms. The van der Waals surface area contributed by atoms with E-state index in [9.17, 15) is 13.2 Å². The Bertz CT molecular complexity index is 933. The van der Waals surface area contributed by atoms with E-state index >= 15 is 0 Å². The molecule has 4 rings (SSSR count). The van der Waals surface area contributed by atoms with E-state index in [2.05, 4.69) is 5.32 Å². The van der Waals surface area contributed by atoms with Crippen molar-refractivity contribution < 1.29 is 13.2 Å². The van der Waals surface area contributed by atoms with Crippen LogP contribution >= 0.6 is 11.3 Å². The van der Waals surface area contributed by atoms with Gasteiger partial charge >= 0.3 is 0 Å². The molecule has 0 atom stereocenters. The van der Waals surface area contributed by atoms with E-state index in [0.717, 1.165) is 23.2 Å². The van der Waals surface area contributed by atoms with Gasteiger partial charge in [0, 0.05) is 25.2 Å². The molecular formula is C21H26N2O3S2. The number of amides is 1. The smallest absolute Gasteiger partial charge is 0.252 e. The maximum atomic E-state index is 12.8. The van der Waals surface area contributed by atoms with Gasteiger partial charge in [-0.3, -0.25) is 4.79 Å². The fraction of sp³-hybridized carbons (Fsp3) is 0.476. The molecule has 0 radical (unpaired) electrons. The summed E-state index contributed by atoms with van der Waals surface area (Å²) in [6, 6.07) is 9.27. The molecule has 1 amide bonds. The quantitative estimate of drug-likeness (QED) is 0.756. The monoisotopic (exact) mass is 418 g/mol. The van der Waals surface area contributed by atoms with Crippen molar-refractivity contribution >= 4 is 33.0 Å². The summed E-state index contributed by atoms with van der Waals surface area (Å²) in [4.78, 5) is 12.3. The molecule has 2 aromatic rings. The molecule has 1 aromatic heterocycles. The number of carbonyl (C=O) groups is 1. The van der Waals surface area contributed by atoms with Gasteiger partial charge in [-0.25, -0.2) is 8.42 Å². The van der Waals surface area contributed by atoms with Crippen LogP contribution in [-0.2, 0) is 27.8 Å². The predicted molar refractivity (Wildman–Crippen MR) is 112 cm³/mol. The van der Waals surface area contributed by atoms with Crippen LogP contribution in [0.4, 0.5) is 5.69 Å². The zero-order chi connectivity index (χ0) is 19.6. The first-order valence-corrected chi connectivity index (χ1v) is 12.3. The Hall–Kier alpha value is -1.70. The van der Waals surface area contributed by atoms with Crippen LogP contribution in [0.15, 0.2) is 39.9 Å². The van der Waals surface area contributed by atoms with Crippen molar-refractivity contribution in [1.82, 2.24) is 4.31 Å². The Kier molecular flexibility index (Phi) is 5.85. The summed E-state index contributed by atoms with van der Waals surface area (Å²) in [5.74, 6) is 0.746. The summed E-state index contributed by atoms with van der Waals surface area (Å²) in [6.45, 7) is 0.835. The van der Waals surface area contributed by atoms with Crippen LogP contribution in [0.3, 0.4) is 0 Å². The lowest BCUT2D eigenvalue weighted by molar-refractivity contribution is -0.116. The minimum Gasteiger partial charge on any atom is -0.326 e. The summed E-state index contributed by atoms with van der Waals surface area (Å²) in [5.41, 5.74) is 2.88. The topological polar surface area (TPSA) is 66.5 Å². The molecule has 0 saturated heterocycles. The first-order chi connectivity index (χ1) is 13.5. The molecule has 5 nitrogen and oxygen atoms in total. The summed E-state index contributed by atoms with van der Waals surface area (Å²) < 4.78 is 27.5. The average molecular weight is 419 g/mol. The fourth-order valence-electron chi connectivity index (χ4n) is 4.21. The number of rotatable bonds is 6. The normalized spacial score (nSPS) is 18.1. The SMILES string of the molecule is O=C(CCC1CCCC1)Nc1ccc2c(c1)CN(S(=O)(=O)c1cccs1)CC2. The number of carbonyl (C=O) groups excluding carboxylic acids is 1. The third-order valence-corrected chi connectivity index (χ3v) is 9.03. The first kappa shape index (κ1) is 19.6. The van der Waals surface area contributed by atoms with Gasteiger partial charge in [-0.1, -0.05) is 37.8 Å². The highest BCUT2D eigenvalue weighted by Crippen LogP contribution is 2.30. The number of thiophene rings is 1. The number of nitrogens with zero attached hydrogens (tertiary/aromatic N) is 1. The molecule has 1 N–H and O–H groups in total. The van der Waals surface area contributed by atoms with Gasteiger partial charge in [0.25, 0.3) is 10.0 Å². The van der Waals surface area contributed by atoms with Crippen molar-refractivity contribution in [3.63, 3.8) is 0 Å². The molecule has 2 aliphatic rings. The van der Waals surface area contributed by atoms with Gasteiger partial charge in [-0.15, -0.1) is 11.3 Å². The molecule has 150 valence electrons. The molecule has 2 heterocycles.